The number of morpholine rings is 1. The normalized spacial score (nSPS) is 26.7. The summed E-state index contributed by atoms with van der Waals surface area (Å²) >= 11 is 3.39. The van der Waals surface area contributed by atoms with E-state index in [1.807, 2.05) is 27.7 Å². The van der Waals surface area contributed by atoms with Gasteiger partial charge in [-0.05, 0) is 27.7 Å². The van der Waals surface area contributed by atoms with Gasteiger partial charge in [-0.1, -0.05) is 15.9 Å². The average molecular weight is 294 g/mol. The molecule has 1 saturated heterocycles. The van der Waals surface area contributed by atoms with Crippen LogP contribution in [0.1, 0.15) is 27.7 Å². The first-order valence-corrected chi connectivity index (χ1v) is 6.63. The smallest absolute Gasteiger partial charge is 0.410 e. The topological polar surface area (TPSA) is 38.8 Å². The third-order valence-corrected chi connectivity index (χ3v) is 3.02. The van der Waals surface area contributed by atoms with Crippen LogP contribution in [0.3, 0.4) is 0 Å². The van der Waals surface area contributed by atoms with Gasteiger partial charge in [0.1, 0.15) is 5.60 Å². The Kier molecular flexibility index (Phi) is 4.62. The number of rotatable bonds is 1. The fourth-order valence-electron chi connectivity index (χ4n) is 1.52. The summed E-state index contributed by atoms with van der Waals surface area (Å²) in [5, 5.41) is 0.707. The van der Waals surface area contributed by atoms with Crippen LogP contribution in [-0.4, -0.2) is 47.2 Å². The van der Waals surface area contributed by atoms with Crippen molar-refractivity contribution < 1.29 is 14.3 Å². The molecule has 5 heteroatoms. The van der Waals surface area contributed by atoms with Crippen LogP contribution in [0.4, 0.5) is 4.79 Å². The number of nitrogens with zero attached hydrogens (tertiary/aromatic N) is 1. The van der Waals surface area contributed by atoms with E-state index in [0.717, 1.165) is 0 Å². The largest absolute Gasteiger partial charge is 0.444 e. The van der Waals surface area contributed by atoms with Crippen LogP contribution >= 0.6 is 15.9 Å². The summed E-state index contributed by atoms with van der Waals surface area (Å²) in [4.78, 5) is 13.7. The minimum Gasteiger partial charge on any atom is -0.444 e. The van der Waals surface area contributed by atoms with Crippen LogP contribution in [-0.2, 0) is 9.47 Å². The highest BCUT2D eigenvalue weighted by Gasteiger charge is 2.32. The maximum Gasteiger partial charge on any atom is 0.410 e. The van der Waals surface area contributed by atoms with Crippen molar-refractivity contribution >= 4 is 22.0 Å². The van der Waals surface area contributed by atoms with E-state index in [0.29, 0.717) is 18.5 Å². The Morgan fingerprint density at radius 3 is 2.69 bits per heavy atom. The number of hydrogen-bond donors (Lipinski definition) is 0. The Morgan fingerprint density at radius 2 is 2.19 bits per heavy atom. The van der Waals surface area contributed by atoms with Crippen molar-refractivity contribution in [2.75, 3.05) is 18.5 Å². The van der Waals surface area contributed by atoms with Crippen molar-refractivity contribution in [2.45, 2.75) is 45.4 Å². The minimum atomic E-state index is -0.449. The van der Waals surface area contributed by atoms with E-state index in [9.17, 15) is 4.79 Å². The molecule has 94 valence electrons. The second-order valence-electron chi connectivity index (χ2n) is 5.08. The third kappa shape index (κ3) is 3.94. The summed E-state index contributed by atoms with van der Waals surface area (Å²) in [6.07, 6.45) is -0.185. The first-order valence-electron chi connectivity index (χ1n) is 5.50. The molecule has 4 nitrogen and oxygen atoms in total. The third-order valence-electron chi connectivity index (χ3n) is 2.27. The Balaban J connectivity index is 2.63. The molecule has 0 N–H and O–H groups in total. The Hall–Kier alpha value is -0.290. The number of ether oxygens (including phenoxy) is 2. The second-order valence-corrected chi connectivity index (χ2v) is 5.73. The van der Waals surface area contributed by atoms with E-state index in [-0.39, 0.29) is 18.2 Å². The van der Waals surface area contributed by atoms with Crippen LogP contribution in [0.5, 0.6) is 0 Å². The number of alkyl halides is 1. The quantitative estimate of drug-likeness (QED) is 0.697. The molecule has 16 heavy (non-hydrogen) atoms. The summed E-state index contributed by atoms with van der Waals surface area (Å²) in [6.45, 7) is 8.73. The van der Waals surface area contributed by atoms with Gasteiger partial charge in [0, 0.05) is 5.33 Å². The predicted molar refractivity (Wildman–Crippen MR) is 65.9 cm³/mol. The molecule has 0 radical (unpaired) electrons. The molecule has 1 amide bonds. The Bertz CT molecular complexity index is 252. The monoisotopic (exact) mass is 293 g/mol. The van der Waals surface area contributed by atoms with Gasteiger partial charge in [0.25, 0.3) is 0 Å². The lowest BCUT2D eigenvalue weighted by atomic mass is 10.2. The summed E-state index contributed by atoms with van der Waals surface area (Å²) in [6, 6.07) is 0.0612. The molecule has 2 unspecified atom stereocenters. The fourth-order valence-corrected chi connectivity index (χ4v) is 2.05. The summed E-state index contributed by atoms with van der Waals surface area (Å²) in [5.74, 6) is 0. The molecule has 2 atom stereocenters. The molecule has 0 aromatic rings. The Morgan fingerprint density at radius 1 is 1.56 bits per heavy atom. The number of carbonyl (C=O) groups excluding carboxylic acids is 1. The van der Waals surface area contributed by atoms with E-state index in [1.54, 1.807) is 4.90 Å². The van der Waals surface area contributed by atoms with Crippen molar-refractivity contribution in [1.82, 2.24) is 4.90 Å². The predicted octanol–water partition coefficient (Wildman–Crippen LogP) is 2.41. The van der Waals surface area contributed by atoms with Gasteiger partial charge in [0.2, 0.25) is 0 Å². The molecule has 0 bridgehead atoms. The van der Waals surface area contributed by atoms with E-state index in [4.69, 9.17) is 9.47 Å². The molecule has 1 aliphatic heterocycles. The SMILES string of the molecule is CC1CN(C(=O)OC(C)(C)C)C(CBr)CO1. The molecule has 0 saturated carbocycles. The standard InChI is InChI=1S/C11H20BrNO3/c1-8-6-13(9(5-12)7-15-8)10(14)16-11(2,3)4/h8-9H,5-7H2,1-4H3. The molecular formula is C11H20BrNO3. The van der Waals surface area contributed by atoms with Crippen LogP contribution in [0.15, 0.2) is 0 Å². The van der Waals surface area contributed by atoms with Gasteiger partial charge in [-0.15, -0.1) is 0 Å². The van der Waals surface area contributed by atoms with Crippen molar-refractivity contribution in [3.63, 3.8) is 0 Å². The molecule has 0 spiro atoms. The lowest BCUT2D eigenvalue weighted by Crippen LogP contribution is -2.53. The van der Waals surface area contributed by atoms with Crippen LogP contribution in [0.25, 0.3) is 0 Å². The van der Waals surface area contributed by atoms with Crippen LogP contribution in [0.2, 0.25) is 0 Å². The minimum absolute atomic E-state index is 0.0612. The Labute approximate surface area is 105 Å². The summed E-state index contributed by atoms with van der Waals surface area (Å²) in [5.41, 5.74) is -0.449. The molecular weight excluding hydrogens is 274 g/mol. The van der Waals surface area contributed by atoms with Crippen molar-refractivity contribution in [3.8, 4) is 0 Å². The second kappa shape index (κ2) is 5.36. The number of hydrogen-bond acceptors (Lipinski definition) is 3. The van der Waals surface area contributed by atoms with E-state index < -0.39 is 5.60 Å². The lowest BCUT2D eigenvalue weighted by molar-refractivity contribution is -0.0574. The van der Waals surface area contributed by atoms with Crippen molar-refractivity contribution in [2.24, 2.45) is 0 Å². The first-order chi connectivity index (χ1) is 7.33. The highest BCUT2D eigenvalue weighted by Crippen LogP contribution is 2.18. The van der Waals surface area contributed by atoms with Crippen molar-refractivity contribution in [3.05, 3.63) is 0 Å². The molecule has 1 aliphatic rings. The zero-order valence-electron chi connectivity index (χ0n) is 10.3. The van der Waals surface area contributed by atoms with Gasteiger partial charge in [0.05, 0.1) is 25.3 Å². The molecule has 0 aromatic heterocycles. The number of carbonyl (C=O) groups is 1. The van der Waals surface area contributed by atoms with E-state index in [1.165, 1.54) is 0 Å². The summed E-state index contributed by atoms with van der Waals surface area (Å²) in [7, 11) is 0. The van der Waals surface area contributed by atoms with Gasteiger partial charge in [-0.3, -0.25) is 4.90 Å². The summed E-state index contributed by atoms with van der Waals surface area (Å²) < 4.78 is 10.9. The van der Waals surface area contributed by atoms with Crippen LogP contribution in [0, 0.1) is 0 Å². The molecule has 1 fully saturated rings. The molecule has 0 aromatic carbocycles. The average Bonchev–Trinajstić information content (AvgIpc) is 2.15. The first kappa shape index (κ1) is 13.8. The molecule has 0 aliphatic carbocycles. The highest BCUT2D eigenvalue weighted by molar-refractivity contribution is 9.09. The fraction of sp³-hybridized carbons (Fsp3) is 0.909. The number of halogens is 1. The van der Waals surface area contributed by atoms with E-state index >= 15 is 0 Å². The van der Waals surface area contributed by atoms with E-state index in [2.05, 4.69) is 15.9 Å². The van der Waals surface area contributed by atoms with Gasteiger partial charge in [-0.2, -0.15) is 0 Å². The van der Waals surface area contributed by atoms with Gasteiger partial charge >= 0.3 is 6.09 Å². The van der Waals surface area contributed by atoms with Crippen LogP contribution < -0.4 is 0 Å². The zero-order chi connectivity index (χ0) is 12.3. The highest BCUT2D eigenvalue weighted by atomic mass is 79.9. The number of amides is 1. The molecule has 1 heterocycles. The van der Waals surface area contributed by atoms with Gasteiger partial charge < -0.3 is 9.47 Å². The maximum atomic E-state index is 12.0. The lowest BCUT2D eigenvalue weighted by Gasteiger charge is -2.38. The van der Waals surface area contributed by atoms with Crippen molar-refractivity contribution in [1.29, 1.82) is 0 Å². The zero-order valence-corrected chi connectivity index (χ0v) is 11.9. The molecule has 1 rings (SSSR count). The van der Waals surface area contributed by atoms with Gasteiger partial charge in [0.15, 0.2) is 0 Å². The van der Waals surface area contributed by atoms with Gasteiger partial charge in [-0.25, -0.2) is 4.79 Å². The maximum absolute atomic E-state index is 12.0.